The van der Waals surface area contributed by atoms with Gasteiger partial charge in [0.25, 0.3) is 10.2 Å². The van der Waals surface area contributed by atoms with Gasteiger partial charge in [-0.05, 0) is 17.5 Å². The van der Waals surface area contributed by atoms with Crippen molar-refractivity contribution >= 4 is 16.1 Å². The van der Waals surface area contributed by atoms with Crippen LogP contribution >= 0.6 is 0 Å². The lowest BCUT2D eigenvalue weighted by atomic mass is 10.0. The van der Waals surface area contributed by atoms with Gasteiger partial charge in [0.05, 0.1) is 0 Å². The van der Waals surface area contributed by atoms with Crippen LogP contribution in [-0.2, 0) is 21.5 Å². The van der Waals surface area contributed by atoms with Crippen molar-refractivity contribution in [2.45, 2.75) is 26.4 Å². The third-order valence-electron chi connectivity index (χ3n) is 2.90. The van der Waals surface area contributed by atoms with Crippen molar-refractivity contribution in [1.29, 1.82) is 0 Å². The van der Waals surface area contributed by atoms with Gasteiger partial charge in [0.2, 0.25) is 5.91 Å². The van der Waals surface area contributed by atoms with Gasteiger partial charge in [-0.3, -0.25) is 9.78 Å². The van der Waals surface area contributed by atoms with Crippen molar-refractivity contribution in [1.82, 2.24) is 19.3 Å². The number of nitrogens with zero attached hydrogens (tertiary/aromatic N) is 2. The molecule has 0 radical (unpaired) electrons. The molecule has 118 valence electrons. The smallest absolute Gasteiger partial charge is 0.279 e. The summed E-state index contributed by atoms with van der Waals surface area (Å²) in [5, 5.41) is 2.72. The second kappa shape index (κ2) is 7.48. The Hall–Kier alpha value is -1.51. The van der Waals surface area contributed by atoms with E-state index < -0.39 is 16.3 Å². The predicted molar refractivity (Wildman–Crippen MR) is 80.5 cm³/mol. The van der Waals surface area contributed by atoms with Crippen molar-refractivity contribution in [3.63, 3.8) is 0 Å². The monoisotopic (exact) mass is 314 g/mol. The summed E-state index contributed by atoms with van der Waals surface area (Å²) >= 11 is 0. The highest BCUT2D eigenvalue weighted by molar-refractivity contribution is 7.87. The normalized spacial score (nSPS) is 13.4. The molecule has 1 amide bonds. The predicted octanol–water partition coefficient (Wildman–Crippen LogP) is 0.118. The first-order valence-electron chi connectivity index (χ1n) is 6.60. The summed E-state index contributed by atoms with van der Waals surface area (Å²) in [5.41, 5.74) is 0.851. The molecule has 0 saturated heterocycles. The van der Waals surface area contributed by atoms with Crippen LogP contribution in [0, 0.1) is 5.92 Å². The van der Waals surface area contributed by atoms with Crippen LogP contribution in [0.4, 0.5) is 0 Å². The Bertz CT molecular complexity index is 558. The minimum Gasteiger partial charge on any atom is -0.351 e. The molecule has 1 atom stereocenters. The van der Waals surface area contributed by atoms with Gasteiger partial charge >= 0.3 is 0 Å². The standard InChI is InChI=1S/C13H22N4O3S/c1-10(2)12(16-21(19,20)17(3)4)13(18)15-9-11-6-5-7-14-8-11/h5-8,10,12,16H,9H2,1-4H3,(H,15,18)/t12-/m0/s1. The zero-order chi connectivity index (χ0) is 16.0. The van der Waals surface area contributed by atoms with E-state index in [1.165, 1.54) is 14.1 Å². The number of nitrogens with one attached hydrogen (secondary N) is 2. The van der Waals surface area contributed by atoms with Gasteiger partial charge in [0.1, 0.15) is 6.04 Å². The Balaban J connectivity index is 2.70. The Morgan fingerprint density at radius 2 is 2.05 bits per heavy atom. The fourth-order valence-electron chi connectivity index (χ4n) is 1.56. The van der Waals surface area contributed by atoms with Crippen LogP contribution in [-0.4, -0.2) is 43.8 Å². The van der Waals surface area contributed by atoms with Crippen molar-refractivity contribution in [3.05, 3.63) is 30.1 Å². The van der Waals surface area contributed by atoms with Crippen molar-refractivity contribution in [2.75, 3.05) is 14.1 Å². The van der Waals surface area contributed by atoms with E-state index in [1.54, 1.807) is 32.3 Å². The van der Waals surface area contributed by atoms with Crippen LogP contribution in [0.5, 0.6) is 0 Å². The number of rotatable bonds is 7. The zero-order valence-electron chi connectivity index (χ0n) is 12.7. The molecule has 1 heterocycles. The summed E-state index contributed by atoms with van der Waals surface area (Å²) in [6.07, 6.45) is 3.29. The van der Waals surface area contributed by atoms with Gasteiger partial charge < -0.3 is 5.32 Å². The van der Waals surface area contributed by atoms with Crippen LogP contribution in [0.1, 0.15) is 19.4 Å². The number of pyridine rings is 1. The second-order valence-corrected chi connectivity index (χ2v) is 7.12. The summed E-state index contributed by atoms with van der Waals surface area (Å²) in [7, 11) is -0.840. The minimum absolute atomic E-state index is 0.173. The topological polar surface area (TPSA) is 91.4 Å². The van der Waals surface area contributed by atoms with E-state index in [0.717, 1.165) is 9.87 Å². The Kier molecular flexibility index (Phi) is 6.25. The Labute approximate surface area is 125 Å². The van der Waals surface area contributed by atoms with Gasteiger partial charge in [-0.25, -0.2) is 0 Å². The van der Waals surface area contributed by atoms with Crippen LogP contribution in [0.25, 0.3) is 0 Å². The summed E-state index contributed by atoms with van der Waals surface area (Å²) in [6, 6.07) is 2.78. The average molecular weight is 314 g/mol. The van der Waals surface area contributed by atoms with Crippen molar-refractivity contribution < 1.29 is 13.2 Å². The van der Waals surface area contributed by atoms with Crippen LogP contribution in [0.15, 0.2) is 24.5 Å². The van der Waals surface area contributed by atoms with E-state index in [4.69, 9.17) is 0 Å². The quantitative estimate of drug-likeness (QED) is 0.748. The van der Waals surface area contributed by atoms with Crippen LogP contribution < -0.4 is 10.0 Å². The molecular weight excluding hydrogens is 292 g/mol. The first-order chi connectivity index (χ1) is 9.74. The van der Waals surface area contributed by atoms with E-state index in [1.807, 2.05) is 6.07 Å². The lowest BCUT2D eigenvalue weighted by molar-refractivity contribution is -0.123. The lowest BCUT2D eigenvalue weighted by Gasteiger charge is -2.23. The molecule has 7 nitrogen and oxygen atoms in total. The van der Waals surface area contributed by atoms with E-state index in [0.29, 0.717) is 6.54 Å². The highest BCUT2D eigenvalue weighted by Crippen LogP contribution is 2.05. The third kappa shape index (κ3) is 5.41. The summed E-state index contributed by atoms with van der Waals surface area (Å²) in [4.78, 5) is 16.1. The number of carbonyl (C=O) groups is 1. The molecule has 1 rings (SSSR count). The fourth-order valence-corrected chi connectivity index (χ4v) is 2.47. The van der Waals surface area contributed by atoms with Crippen LogP contribution in [0.3, 0.4) is 0 Å². The molecule has 0 aliphatic carbocycles. The van der Waals surface area contributed by atoms with Crippen molar-refractivity contribution in [3.8, 4) is 0 Å². The van der Waals surface area contributed by atoms with Gasteiger partial charge in [-0.1, -0.05) is 19.9 Å². The highest BCUT2D eigenvalue weighted by atomic mass is 32.2. The Morgan fingerprint density at radius 3 is 2.52 bits per heavy atom. The molecule has 0 aliphatic heterocycles. The van der Waals surface area contributed by atoms with E-state index in [9.17, 15) is 13.2 Å². The molecule has 0 spiro atoms. The van der Waals surface area contributed by atoms with E-state index in [2.05, 4.69) is 15.0 Å². The maximum atomic E-state index is 12.2. The van der Waals surface area contributed by atoms with Gasteiger partial charge in [0, 0.05) is 33.0 Å². The van der Waals surface area contributed by atoms with Crippen molar-refractivity contribution in [2.24, 2.45) is 5.92 Å². The van der Waals surface area contributed by atoms with Gasteiger partial charge in [0.15, 0.2) is 0 Å². The summed E-state index contributed by atoms with van der Waals surface area (Å²) in [6.45, 7) is 3.87. The molecule has 0 saturated carbocycles. The molecule has 1 aromatic heterocycles. The zero-order valence-corrected chi connectivity index (χ0v) is 13.5. The number of hydrogen-bond donors (Lipinski definition) is 2. The summed E-state index contributed by atoms with van der Waals surface area (Å²) < 4.78 is 27.1. The average Bonchev–Trinajstić information content (AvgIpc) is 2.43. The molecule has 0 bridgehead atoms. The number of amides is 1. The Morgan fingerprint density at radius 1 is 1.38 bits per heavy atom. The van der Waals surface area contributed by atoms with E-state index in [-0.39, 0.29) is 11.8 Å². The number of aromatic nitrogens is 1. The van der Waals surface area contributed by atoms with E-state index >= 15 is 0 Å². The molecule has 21 heavy (non-hydrogen) atoms. The molecule has 0 unspecified atom stereocenters. The molecule has 0 aliphatic rings. The maximum absolute atomic E-state index is 12.2. The molecule has 2 N–H and O–H groups in total. The highest BCUT2D eigenvalue weighted by Gasteiger charge is 2.28. The first kappa shape index (κ1) is 17.5. The number of carbonyl (C=O) groups excluding carboxylic acids is 1. The minimum atomic E-state index is -3.66. The summed E-state index contributed by atoms with van der Waals surface area (Å²) in [5.74, 6) is -0.534. The fraction of sp³-hybridized carbons (Fsp3) is 0.538. The molecule has 0 fully saturated rings. The van der Waals surface area contributed by atoms with Crippen LogP contribution in [0.2, 0.25) is 0 Å². The molecule has 1 aromatic rings. The SMILES string of the molecule is CC(C)[C@H](NS(=O)(=O)N(C)C)C(=O)NCc1cccnc1. The molecular formula is C13H22N4O3S. The second-order valence-electron chi connectivity index (χ2n) is 5.21. The first-order valence-corrected chi connectivity index (χ1v) is 8.04. The van der Waals surface area contributed by atoms with Gasteiger partial charge in [-0.15, -0.1) is 0 Å². The van der Waals surface area contributed by atoms with Gasteiger partial charge in [-0.2, -0.15) is 17.4 Å². The molecule has 8 heteroatoms. The number of hydrogen-bond acceptors (Lipinski definition) is 4. The lowest BCUT2D eigenvalue weighted by Crippen LogP contribution is -2.52. The largest absolute Gasteiger partial charge is 0.351 e. The maximum Gasteiger partial charge on any atom is 0.279 e. The molecule has 0 aromatic carbocycles. The third-order valence-corrected chi connectivity index (χ3v) is 4.41.